The van der Waals surface area contributed by atoms with Crippen molar-refractivity contribution in [3.63, 3.8) is 0 Å². The molecule has 0 saturated carbocycles. The first-order valence-corrected chi connectivity index (χ1v) is 11.6. The van der Waals surface area contributed by atoms with Gasteiger partial charge in [0.2, 0.25) is 0 Å². The maximum atomic E-state index is 6.19. The molecule has 0 aromatic heterocycles. The number of aliphatic imine (C=N–C) groups is 1. The van der Waals surface area contributed by atoms with Crippen molar-refractivity contribution in [2.45, 2.75) is 45.3 Å². The summed E-state index contributed by atoms with van der Waals surface area (Å²) in [5.74, 6) is 1.72. The Kier molecular flexibility index (Phi) is 13.2. The molecule has 1 unspecified atom stereocenters. The summed E-state index contributed by atoms with van der Waals surface area (Å²) in [5.41, 5.74) is 3.64. The molecule has 1 fully saturated rings. The first-order valence-electron chi connectivity index (χ1n) is 11.6. The topological polar surface area (TPSA) is 64.1 Å². The van der Waals surface area contributed by atoms with Gasteiger partial charge in [-0.1, -0.05) is 42.5 Å². The highest BCUT2D eigenvalue weighted by atomic mass is 127. The van der Waals surface area contributed by atoms with Crippen molar-refractivity contribution in [1.82, 2.24) is 10.6 Å². The van der Waals surface area contributed by atoms with E-state index in [1.165, 1.54) is 11.1 Å². The lowest BCUT2D eigenvalue weighted by atomic mass is 10.1. The van der Waals surface area contributed by atoms with Gasteiger partial charge in [0, 0.05) is 38.7 Å². The molecule has 2 aromatic rings. The third kappa shape index (κ3) is 10.3. The fourth-order valence-electron chi connectivity index (χ4n) is 3.58. The third-order valence-corrected chi connectivity index (χ3v) is 5.46. The molecule has 1 aliphatic rings. The Bertz CT molecular complexity index is 827. The standard InChI is InChI=1S/C26H37N3O3.HI/c1-21-10-11-23(25(18-21)32-24-13-17-31-20-24)19-29-26(27-2)28-14-6-7-15-30-16-12-22-8-4-3-5-9-22;/h3-5,8-11,18,24H,6-7,12-17,19-20H2,1-2H3,(H2,27,28,29);1H. The van der Waals surface area contributed by atoms with Crippen molar-refractivity contribution in [2.24, 2.45) is 4.99 Å². The zero-order chi connectivity index (χ0) is 22.4. The highest BCUT2D eigenvalue weighted by Gasteiger charge is 2.18. The van der Waals surface area contributed by atoms with Gasteiger partial charge in [-0.05, 0) is 43.4 Å². The van der Waals surface area contributed by atoms with E-state index in [9.17, 15) is 0 Å². The molecule has 182 valence electrons. The Morgan fingerprint density at radius 2 is 1.94 bits per heavy atom. The lowest BCUT2D eigenvalue weighted by molar-refractivity contribution is 0.133. The van der Waals surface area contributed by atoms with Crippen molar-refractivity contribution in [3.05, 3.63) is 65.2 Å². The number of hydrogen-bond acceptors (Lipinski definition) is 4. The molecule has 0 bridgehead atoms. The minimum Gasteiger partial charge on any atom is -0.488 e. The summed E-state index contributed by atoms with van der Waals surface area (Å²) in [6.07, 6.45) is 4.11. The van der Waals surface area contributed by atoms with Gasteiger partial charge < -0.3 is 24.8 Å². The number of halogens is 1. The monoisotopic (exact) mass is 567 g/mol. The number of ether oxygens (including phenoxy) is 3. The van der Waals surface area contributed by atoms with E-state index in [4.69, 9.17) is 14.2 Å². The second kappa shape index (κ2) is 15.9. The van der Waals surface area contributed by atoms with Gasteiger partial charge in [0.1, 0.15) is 11.9 Å². The minimum atomic E-state index is 0. The minimum absolute atomic E-state index is 0. The molecule has 7 heteroatoms. The summed E-state index contributed by atoms with van der Waals surface area (Å²) in [5, 5.41) is 6.78. The number of nitrogens with one attached hydrogen (secondary N) is 2. The predicted molar refractivity (Wildman–Crippen MR) is 145 cm³/mol. The Labute approximate surface area is 215 Å². The van der Waals surface area contributed by atoms with Gasteiger partial charge >= 0.3 is 0 Å². The zero-order valence-corrected chi connectivity index (χ0v) is 22.2. The molecule has 2 N–H and O–H groups in total. The van der Waals surface area contributed by atoms with Crippen LogP contribution in [-0.2, 0) is 22.4 Å². The fraction of sp³-hybridized carbons (Fsp3) is 0.500. The normalized spacial score (nSPS) is 15.7. The van der Waals surface area contributed by atoms with Crippen LogP contribution in [0.15, 0.2) is 53.5 Å². The van der Waals surface area contributed by atoms with E-state index in [-0.39, 0.29) is 30.1 Å². The van der Waals surface area contributed by atoms with E-state index in [0.717, 1.165) is 69.3 Å². The molecule has 0 aliphatic carbocycles. The molecule has 1 saturated heterocycles. The van der Waals surface area contributed by atoms with Crippen LogP contribution in [-0.4, -0.2) is 52.1 Å². The number of unbranched alkanes of at least 4 members (excludes halogenated alkanes) is 1. The summed E-state index contributed by atoms with van der Waals surface area (Å²) in [6, 6.07) is 16.8. The molecule has 0 spiro atoms. The van der Waals surface area contributed by atoms with E-state index in [0.29, 0.717) is 13.2 Å². The Morgan fingerprint density at radius 3 is 2.70 bits per heavy atom. The highest BCUT2D eigenvalue weighted by molar-refractivity contribution is 14.0. The van der Waals surface area contributed by atoms with Gasteiger partial charge in [-0.3, -0.25) is 4.99 Å². The van der Waals surface area contributed by atoms with Gasteiger partial charge in [0.15, 0.2) is 5.96 Å². The number of aryl methyl sites for hydroxylation is 1. The van der Waals surface area contributed by atoms with Crippen LogP contribution in [0.3, 0.4) is 0 Å². The molecule has 1 heterocycles. The molecule has 1 aliphatic heterocycles. The van der Waals surface area contributed by atoms with Crippen molar-refractivity contribution in [1.29, 1.82) is 0 Å². The molecule has 0 amide bonds. The van der Waals surface area contributed by atoms with Crippen molar-refractivity contribution >= 4 is 29.9 Å². The van der Waals surface area contributed by atoms with Crippen LogP contribution in [0.1, 0.15) is 36.0 Å². The summed E-state index contributed by atoms with van der Waals surface area (Å²) >= 11 is 0. The highest BCUT2D eigenvalue weighted by Crippen LogP contribution is 2.23. The molecular formula is C26H38IN3O3. The van der Waals surface area contributed by atoms with Crippen LogP contribution in [0.25, 0.3) is 0 Å². The van der Waals surface area contributed by atoms with E-state index in [1.54, 1.807) is 7.05 Å². The number of nitrogens with zero attached hydrogens (tertiary/aromatic N) is 1. The SMILES string of the molecule is CN=C(NCCCCOCCc1ccccc1)NCc1ccc(C)cc1OC1CCOC1.I. The summed E-state index contributed by atoms with van der Waals surface area (Å²) < 4.78 is 17.4. The molecule has 6 nitrogen and oxygen atoms in total. The van der Waals surface area contributed by atoms with Gasteiger partial charge in [0.05, 0.1) is 19.8 Å². The Hall–Kier alpha value is -1.84. The molecule has 3 rings (SSSR count). The van der Waals surface area contributed by atoms with Gasteiger partial charge in [-0.2, -0.15) is 0 Å². The number of rotatable bonds is 12. The van der Waals surface area contributed by atoms with Crippen LogP contribution in [0.5, 0.6) is 5.75 Å². The van der Waals surface area contributed by atoms with E-state index in [1.807, 2.05) is 6.07 Å². The smallest absolute Gasteiger partial charge is 0.191 e. The first kappa shape index (κ1) is 27.4. The maximum absolute atomic E-state index is 6.19. The Morgan fingerprint density at radius 1 is 1.09 bits per heavy atom. The summed E-state index contributed by atoms with van der Waals surface area (Å²) in [6.45, 7) is 6.60. The first-order chi connectivity index (χ1) is 15.7. The lowest BCUT2D eigenvalue weighted by Crippen LogP contribution is -2.37. The van der Waals surface area contributed by atoms with Crippen molar-refractivity contribution < 1.29 is 14.2 Å². The second-order valence-corrected chi connectivity index (χ2v) is 8.12. The molecule has 33 heavy (non-hydrogen) atoms. The van der Waals surface area contributed by atoms with E-state index in [2.05, 4.69) is 65.0 Å². The second-order valence-electron chi connectivity index (χ2n) is 8.12. The predicted octanol–water partition coefficient (Wildman–Crippen LogP) is 4.49. The van der Waals surface area contributed by atoms with Crippen molar-refractivity contribution in [3.8, 4) is 5.75 Å². The van der Waals surface area contributed by atoms with Crippen LogP contribution in [0.4, 0.5) is 0 Å². The quantitative estimate of drug-likeness (QED) is 0.171. The Balaban J connectivity index is 0.00000385. The maximum Gasteiger partial charge on any atom is 0.191 e. The van der Waals surface area contributed by atoms with Crippen LogP contribution in [0.2, 0.25) is 0 Å². The molecule has 0 radical (unpaired) electrons. The fourth-order valence-corrected chi connectivity index (χ4v) is 3.58. The van der Waals surface area contributed by atoms with Crippen LogP contribution in [0, 0.1) is 6.92 Å². The van der Waals surface area contributed by atoms with Crippen LogP contribution < -0.4 is 15.4 Å². The third-order valence-electron chi connectivity index (χ3n) is 5.46. The molecule has 2 aromatic carbocycles. The van der Waals surface area contributed by atoms with E-state index < -0.39 is 0 Å². The average Bonchev–Trinajstić information content (AvgIpc) is 3.32. The summed E-state index contributed by atoms with van der Waals surface area (Å²) in [7, 11) is 1.80. The largest absolute Gasteiger partial charge is 0.488 e. The van der Waals surface area contributed by atoms with Gasteiger partial charge in [-0.25, -0.2) is 0 Å². The number of hydrogen-bond donors (Lipinski definition) is 2. The zero-order valence-electron chi connectivity index (χ0n) is 19.8. The summed E-state index contributed by atoms with van der Waals surface area (Å²) in [4.78, 5) is 4.34. The van der Waals surface area contributed by atoms with Gasteiger partial charge in [0.25, 0.3) is 0 Å². The van der Waals surface area contributed by atoms with Gasteiger partial charge in [-0.15, -0.1) is 24.0 Å². The average molecular weight is 568 g/mol. The van der Waals surface area contributed by atoms with E-state index >= 15 is 0 Å². The number of guanidine groups is 1. The van der Waals surface area contributed by atoms with Crippen LogP contribution >= 0.6 is 24.0 Å². The lowest BCUT2D eigenvalue weighted by Gasteiger charge is -2.18. The molecular weight excluding hydrogens is 529 g/mol. The van der Waals surface area contributed by atoms with Crippen molar-refractivity contribution in [2.75, 3.05) is 40.0 Å². The number of benzene rings is 2. The molecule has 1 atom stereocenters.